The smallest absolute Gasteiger partial charge is 0.255 e. The lowest BCUT2D eigenvalue weighted by atomic mass is 10.1. The molecule has 6 nitrogen and oxygen atoms in total. The van der Waals surface area contributed by atoms with Crippen LogP contribution in [0.15, 0.2) is 70.7 Å². The van der Waals surface area contributed by atoms with Gasteiger partial charge in [0.25, 0.3) is 5.91 Å². The van der Waals surface area contributed by atoms with Gasteiger partial charge < -0.3 is 16.0 Å². The maximum Gasteiger partial charge on any atom is 0.255 e. The van der Waals surface area contributed by atoms with E-state index in [0.717, 1.165) is 22.4 Å². The molecule has 3 N–H and O–H groups in total. The van der Waals surface area contributed by atoms with Crippen molar-refractivity contribution in [1.29, 1.82) is 0 Å². The normalized spacial score (nSPS) is 10.7. The molecule has 2 amide bonds. The summed E-state index contributed by atoms with van der Waals surface area (Å²) in [5.41, 5.74) is 10.8. The van der Waals surface area contributed by atoms with Crippen molar-refractivity contribution in [3.05, 3.63) is 87.4 Å². The van der Waals surface area contributed by atoms with Gasteiger partial charge in [0.2, 0.25) is 5.91 Å². The van der Waals surface area contributed by atoms with Crippen molar-refractivity contribution in [2.45, 2.75) is 13.5 Å². The van der Waals surface area contributed by atoms with Crippen LogP contribution in [0.2, 0.25) is 0 Å². The molecular weight excluding hydrogens is 440 g/mol. The first kappa shape index (κ1) is 21.7. The third-order valence-corrected chi connectivity index (χ3v) is 6.36. The molecule has 4 rings (SSSR count). The average Bonchev–Trinajstić information content (AvgIpc) is 3.47. The number of thiazole rings is 1. The number of nitrogens with one attached hydrogen (secondary N) is 1. The molecule has 162 valence electrons. The Balaban J connectivity index is 1.47. The van der Waals surface area contributed by atoms with Crippen LogP contribution in [0.25, 0.3) is 11.3 Å². The van der Waals surface area contributed by atoms with Crippen LogP contribution < -0.4 is 11.1 Å². The number of rotatable bonds is 7. The molecule has 2 aromatic heterocycles. The lowest BCUT2D eigenvalue weighted by Crippen LogP contribution is -2.37. The third kappa shape index (κ3) is 5.22. The Morgan fingerprint density at radius 3 is 2.50 bits per heavy atom. The summed E-state index contributed by atoms with van der Waals surface area (Å²) >= 11 is 2.84. The molecule has 0 aliphatic rings. The second kappa shape index (κ2) is 9.76. The first-order chi connectivity index (χ1) is 15.5. The lowest BCUT2D eigenvalue weighted by molar-refractivity contribution is -0.117. The van der Waals surface area contributed by atoms with Crippen LogP contribution in [0.5, 0.6) is 0 Å². The fraction of sp³-hybridized carbons (Fsp3) is 0.125. The van der Waals surface area contributed by atoms with E-state index in [2.05, 4.69) is 10.3 Å². The number of aromatic nitrogens is 1. The monoisotopic (exact) mass is 462 g/mol. The van der Waals surface area contributed by atoms with Crippen molar-refractivity contribution in [2.24, 2.45) is 0 Å². The third-order valence-electron chi connectivity index (χ3n) is 5.00. The van der Waals surface area contributed by atoms with Crippen LogP contribution in [-0.4, -0.2) is 28.2 Å². The van der Waals surface area contributed by atoms with Crippen LogP contribution in [-0.2, 0) is 11.3 Å². The summed E-state index contributed by atoms with van der Waals surface area (Å²) < 4.78 is 0. The molecule has 0 saturated heterocycles. The summed E-state index contributed by atoms with van der Waals surface area (Å²) in [6, 6.07) is 17.0. The van der Waals surface area contributed by atoms with Gasteiger partial charge in [-0.15, -0.1) is 11.3 Å². The minimum atomic E-state index is -0.257. The highest BCUT2D eigenvalue weighted by Crippen LogP contribution is 2.24. The summed E-state index contributed by atoms with van der Waals surface area (Å²) in [6.45, 7) is 2.31. The molecule has 32 heavy (non-hydrogen) atoms. The Kier molecular flexibility index (Phi) is 6.63. The molecule has 4 aromatic rings. The lowest BCUT2D eigenvalue weighted by Gasteiger charge is -2.23. The zero-order valence-electron chi connectivity index (χ0n) is 17.4. The molecule has 0 atom stereocenters. The van der Waals surface area contributed by atoms with Gasteiger partial charge in [0.1, 0.15) is 6.54 Å². The van der Waals surface area contributed by atoms with Gasteiger partial charge in [0.05, 0.1) is 11.3 Å². The van der Waals surface area contributed by atoms with Crippen LogP contribution in [0.1, 0.15) is 21.5 Å². The van der Waals surface area contributed by atoms with E-state index >= 15 is 0 Å². The molecule has 0 radical (unpaired) electrons. The van der Waals surface area contributed by atoms with Gasteiger partial charge in [-0.1, -0.05) is 36.4 Å². The molecule has 0 aliphatic heterocycles. The van der Waals surface area contributed by atoms with E-state index in [9.17, 15) is 9.59 Å². The minimum absolute atomic E-state index is 0.0482. The van der Waals surface area contributed by atoms with E-state index in [0.29, 0.717) is 22.9 Å². The van der Waals surface area contributed by atoms with Crippen molar-refractivity contribution in [2.75, 3.05) is 17.6 Å². The summed E-state index contributed by atoms with van der Waals surface area (Å²) in [5.74, 6) is -0.422. The standard InChI is InChI=1S/C24H22N4O2S2/c1-16-4-2-3-5-18(16)12-28(23(30)19-10-11-31-14-19)13-22(29)26-20-8-6-17(7-9-20)21-15-32-24(25)27-21/h2-11,14-15H,12-13H2,1H3,(H2,25,27)(H,26,29). The fourth-order valence-corrected chi connectivity index (χ4v) is 4.48. The molecule has 0 spiro atoms. The number of carbonyl (C=O) groups is 2. The van der Waals surface area contributed by atoms with Gasteiger partial charge in [-0.2, -0.15) is 11.3 Å². The van der Waals surface area contributed by atoms with Crippen molar-refractivity contribution in [3.63, 3.8) is 0 Å². The number of hydrogen-bond donors (Lipinski definition) is 2. The molecule has 0 aliphatic carbocycles. The van der Waals surface area contributed by atoms with Crippen molar-refractivity contribution in [1.82, 2.24) is 9.88 Å². The number of anilines is 2. The number of aryl methyl sites for hydroxylation is 1. The topological polar surface area (TPSA) is 88.3 Å². The van der Waals surface area contributed by atoms with Gasteiger partial charge in [0.15, 0.2) is 5.13 Å². The van der Waals surface area contributed by atoms with Crippen molar-refractivity contribution >= 4 is 45.3 Å². The van der Waals surface area contributed by atoms with E-state index < -0.39 is 0 Å². The highest BCUT2D eigenvalue weighted by molar-refractivity contribution is 7.13. The second-order valence-corrected chi connectivity index (χ2v) is 8.97. The van der Waals surface area contributed by atoms with Crippen molar-refractivity contribution < 1.29 is 9.59 Å². The first-order valence-corrected chi connectivity index (χ1v) is 11.8. The van der Waals surface area contributed by atoms with Crippen LogP contribution >= 0.6 is 22.7 Å². The zero-order chi connectivity index (χ0) is 22.5. The molecule has 0 bridgehead atoms. The molecule has 0 saturated carbocycles. The van der Waals surface area contributed by atoms with Gasteiger partial charge in [-0.3, -0.25) is 9.59 Å². The molecule has 2 aromatic carbocycles. The van der Waals surface area contributed by atoms with E-state index in [4.69, 9.17) is 5.73 Å². The largest absolute Gasteiger partial charge is 0.375 e. The summed E-state index contributed by atoms with van der Waals surface area (Å²) in [4.78, 5) is 31.7. The maximum absolute atomic E-state index is 13.0. The summed E-state index contributed by atoms with van der Waals surface area (Å²) in [7, 11) is 0. The van der Waals surface area contributed by atoms with E-state index in [1.807, 2.05) is 66.2 Å². The predicted octanol–water partition coefficient (Wildman–Crippen LogP) is 5.04. The second-order valence-electron chi connectivity index (χ2n) is 7.30. The average molecular weight is 463 g/mol. The number of nitrogens with two attached hydrogens (primary N) is 1. The van der Waals surface area contributed by atoms with E-state index in [-0.39, 0.29) is 18.4 Å². The Bertz CT molecular complexity index is 1220. The number of hydrogen-bond acceptors (Lipinski definition) is 6. The molecule has 0 unspecified atom stereocenters. The van der Waals surface area contributed by atoms with Crippen LogP contribution in [0, 0.1) is 6.92 Å². The number of amides is 2. The van der Waals surface area contributed by atoms with Crippen molar-refractivity contribution in [3.8, 4) is 11.3 Å². The summed E-state index contributed by atoms with van der Waals surface area (Å²) in [5, 5.41) is 8.95. The van der Waals surface area contributed by atoms with Gasteiger partial charge >= 0.3 is 0 Å². The number of benzene rings is 2. The Hall–Kier alpha value is -3.49. The van der Waals surface area contributed by atoms with Gasteiger partial charge in [0, 0.05) is 28.6 Å². The van der Waals surface area contributed by atoms with Crippen LogP contribution in [0.4, 0.5) is 10.8 Å². The number of carbonyl (C=O) groups excluding carboxylic acids is 2. The highest BCUT2D eigenvalue weighted by Gasteiger charge is 2.20. The Morgan fingerprint density at radius 1 is 1.06 bits per heavy atom. The quantitative estimate of drug-likeness (QED) is 0.403. The van der Waals surface area contributed by atoms with Gasteiger partial charge in [-0.05, 0) is 41.6 Å². The first-order valence-electron chi connectivity index (χ1n) is 9.97. The van der Waals surface area contributed by atoms with E-state index in [1.165, 1.54) is 22.7 Å². The molecule has 2 heterocycles. The number of nitrogens with zero attached hydrogens (tertiary/aromatic N) is 2. The van der Waals surface area contributed by atoms with Gasteiger partial charge in [-0.25, -0.2) is 4.98 Å². The number of thiophene rings is 1. The zero-order valence-corrected chi connectivity index (χ0v) is 19.1. The fourth-order valence-electron chi connectivity index (χ4n) is 3.28. The molecule has 0 fully saturated rings. The molecule has 8 heteroatoms. The predicted molar refractivity (Wildman–Crippen MR) is 131 cm³/mol. The Morgan fingerprint density at radius 2 is 1.84 bits per heavy atom. The summed E-state index contributed by atoms with van der Waals surface area (Å²) in [6.07, 6.45) is 0. The number of nitrogen functional groups attached to an aromatic ring is 1. The maximum atomic E-state index is 13.0. The SMILES string of the molecule is Cc1ccccc1CN(CC(=O)Nc1ccc(-c2csc(N)n2)cc1)C(=O)c1ccsc1. The Labute approximate surface area is 194 Å². The molecular formula is C24H22N4O2S2. The van der Waals surface area contributed by atoms with E-state index in [1.54, 1.807) is 16.3 Å². The minimum Gasteiger partial charge on any atom is -0.375 e. The van der Waals surface area contributed by atoms with Crippen LogP contribution in [0.3, 0.4) is 0 Å². The highest BCUT2D eigenvalue weighted by atomic mass is 32.1.